The van der Waals surface area contributed by atoms with E-state index in [2.05, 4.69) is 17.0 Å². The van der Waals surface area contributed by atoms with Gasteiger partial charge in [0.15, 0.2) is 5.78 Å². The van der Waals surface area contributed by atoms with Crippen molar-refractivity contribution in [2.24, 2.45) is 5.73 Å². The number of para-hydroxylation sites is 1. The van der Waals surface area contributed by atoms with Gasteiger partial charge in [0.05, 0.1) is 18.8 Å². The predicted molar refractivity (Wildman–Crippen MR) is 117 cm³/mol. The molecule has 1 unspecified atom stereocenters. The Morgan fingerprint density at radius 2 is 1.79 bits per heavy atom. The zero-order valence-electron chi connectivity index (χ0n) is 16.8. The molecule has 0 aliphatic carbocycles. The average Bonchev–Trinajstić information content (AvgIpc) is 2.74. The maximum atomic E-state index is 13.0. The summed E-state index contributed by atoms with van der Waals surface area (Å²) in [6.45, 7) is 1.73. The summed E-state index contributed by atoms with van der Waals surface area (Å²) in [5.41, 5.74) is 18.5. The Hall–Kier alpha value is -3.31. The fourth-order valence-electron chi connectivity index (χ4n) is 4.18. The number of benzene rings is 3. The lowest BCUT2D eigenvalue weighted by atomic mass is 9.77. The molecule has 4 rings (SSSR count). The maximum Gasteiger partial charge on any atom is 0.179 e. The number of nitrogens with two attached hydrogens (primary N) is 2. The second-order valence-corrected chi connectivity index (χ2v) is 7.44. The van der Waals surface area contributed by atoms with Gasteiger partial charge in [0.1, 0.15) is 5.75 Å². The molecule has 148 valence electrons. The van der Waals surface area contributed by atoms with Crippen LogP contribution in [0.1, 0.15) is 39.9 Å². The molecule has 0 aromatic heterocycles. The van der Waals surface area contributed by atoms with Crippen molar-refractivity contribution >= 4 is 22.8 Å². The highest BCUT2D eigenvalue weighted by molar-refractivity contribution is 6.03. The van der Waals surface area contributed by atoms with E-state index in [9.17, 15) is 4.79 Å². The first-order chi connectivity index (χ1) is 13.9. The van der Waals surface area contributed by atoms with Crippen molar-refractivity contribution in [3.63, 3.8) is 0 Å². The summed E-state index contributed by atoms with van der Waals surface area (Å²) in [7, 11) is 3.63. The molecule has 4 N–H and O–H groups in total. The SMILES string of the molecule is COc1cc(C2c3ccccc3N(C)c3cccc(C(=O)[C@H](C)N)c32)ccc1N. The topological polar surface area (TPSA) is 81.6 Å². The van der Waals surface area contributed by atoms with Crippen molar-refractivity contribution in [2.45, 2.75) is 18.9 Å². The third-order valence-corrected chi connectivity index (χ3v) is 5.61. The van der Waals surface area contributed by atoms with Gasteiger partial charge in [0.2, 0.25) is 0 Å². The van der Waals surface area contributed by atoms with Crippen molar-refractivity contribution in [2.75, 3.05) is 24.8 Å². The van der Waals surface area contributed by atoms with Gasteiger partial charge in [-0.05, 0) is 47.9 Å². The number of fused-ring (bicyclic) bond motifs is 2. The van der Waals surface area contributed by atoms with Crippen LogP contribution in [0.15, 0.2) is 60.7 Å². The molecular formula is C24H25N3O2. The van der Waals surface area contributed by atoms with Gasteiger partial charge in [-0.3, -0.25) is 4.79 Å². The molecule has 1 aliphatic rings. The lowest BCUT2D eigenvalue weighted by Gasteiger charge is -2.37. The molecule has 5 nitrogen and oxygen atoms in total. The lowest BCUT2D eigenvalue weighted by molar-refractivity contribution is 0.0967. The smallest absolute Gasteiger partial charge is 0.179 e. The summed E-state index contributed by atoms with van der Waals surface area (Å²) in [5, 5.41) is 0. The number of Topliss-reactive ketones (excluding diaryl/α,β-unsaturated/α-hetero) is 1. The standard InChI is InChI=1S/C24H25N3O2/c1-14(25)24(28)17-8-6-10-20-23(17)22(15-11-12-18(26)21(13-15)29-3)16-7-4-5-9-19(16)27(20)2/h4-14,22H,25-26H2,1-3H3/t14-,22?/m0/s1. The number of ether oxygens (including phenoxy) is 1. The number of carbonyl (C=O) groups is 1. The predicted octanol–water partition coefficient (Wildman–Crippen LogP) is 4.07. The highest BCUT2D eigenvalue weighted by Gasteiger charge is 2.34. The van der Waals surface area contributed by atoms with E-state index in [1.54, 1.807) is 14.0 Å². The van der Waals surface area contributed by atoms with E-state index >= 15 is 0 Å². The number of anilines is 3. The van der Waals surface area contributed by atoms with Crippen LogP contribution in [-0.4, -0.2) is 26.0 Å². The van der Waals surface area contributed by atoms with Crippen molar-refractivity contribution in [3.8, 4) is 5.75 Å². The van der Waals surface area contributed by atoms with Gasteiger partial charge >= 0.3 is 0 Å². The van der Waals surface area contributed by atoms with Crippen LogP contribution in [0.2, 0.25) is 0 Å². The largest absolute Gasteiger partial charge is 0.495 e. The summed E-state index contributed by atoms with van der Waals surface area (Å²) in [5.74, 6) is 0.421. The first-order valence-corrected chi connectivity index (χ1v) is 9.62. The van der Waals surface area contributed by atoms with Crippen molar-refractivity contribution < 1.29 is 9.53 Å². The van der Waals surface area contributed by atoms with Gasteiger partial charge in [-0.2, -0.15) is 0 Å². The molecule has 29 heavy (non-hydrogen) atoms. The monoisotopic (exact) mass is 387 g/mol. The minimum Gasteiger partial charge on any atom is -0.495 e. The Balaban J connectivity index is 2.04. The molecule has 2 atom stereocenters. The van der Waals surface area contributed by atoms with Crippen LogP contribution in [0, 0.1) is 0 Å². The number of hydrogen-bond acceptors (Lipinski definition) is 5. The van der Waals surface area contributed by atoms with Crippen LogP contribution in [0.3, 0.4) is 0 Å². The summed E-state index contributed by atoms with van der Waals surface area (Å²) < 4.78 is 5.47. The molecule has 0 radical (unpaired) electrons. The summed E-state index contributed by atoms with van der Waals surface area (Å²) >= 11 is 0. The quantitative estimate of drug-likeness (QED) is 0.521. The zero-order chi connectivity index (χ0) is 20.7. The normalized spacial score (nSPS) is 16.0. The summed E-state index contributed by atoms with van der Waals surface area (Å²) in [6, 6.07) is 19.3. The lowest BCUT2D eigenvalue weighted by Crippen LogP contribution is -2.30. The van der Waals surface area contributed by atoms with E-state index in [0.717, 1.165) is 28.1 Å². The van der Waals surface area contributed by atoms with Crippen LogP contribution in [0.25, 0.3) is 0 Å². The van der Waals surface area contributed by atoms with Gasteiger partial charge in [-0.15, -0.1) is 0 Å². The Morgan fingerprint density at radius 1 is 1.07 bits per heavy atom. The molecule has 0 fully saturated rings. The van der Waals surface area contributed by atoms with E-state index in [1.165, 1.54) is 0 Å². The first kappa shape index (κ1) is 19.0. The highest BCUT2D eigenvalue weighted by atomic mass is 16.5. The number of hydrogen-bond donors (Lipinski definition) is 2. The van der Waals surface area contributed by atoms with Crippen LogP contribution in [-0.2, 0) is 0 Å². The minimum atomic E-state index is -0.578. The van der Waals surface area contributed by atoms with Crippen molar-refractivity contribution in [1.29, 1.82) is 0 Å². The molecular weight excluding hydrogens is 362 g/mol. The van der Waals surface area contributed by atoms with Gasteiger partial charge in [0, 0.05) is 29.9 Å². The zero-order valence-corrected chi connectivity index (χ0v) is 16.8. The molecule has 0 saturated heterocycles. The van der Waals surface area contributed by atoms with Crippen molar-refractivity contribution in [1.82, 2.24) is 0 Å². The molecule has 3 aromatic rings. The summed E-state index contributed by atoms with van der Waals surface area (Å²) in [4.78, 5) is 15.1. The molecule has 1 aliphatic heterocycles. The number of rotatable bonds is 4. The van der Waals surface area contributed by atoms with E-state index < -0.39 is 6.04 Å². The number of carbonyl (C=O) groups excluding carboxylic acids is 1. The van der Waals surface area contributed by atoms with Crippen LogP contribution in [0.5, 0.6) is 5.75 Å². The molecule has 1 heterocycles. The molecule has 0 spiro atoms. The molecule has 0 bridgehead atoms. The Labute approximate surface area is 170 Å². The Morgan fingerprint density at radius 3 is 2.52 bits per heavy atom. The van der Waals surface area contributed by atoms with Crippen LogP contribution >= 0.6 is 0 Å². The third-order valence-electron chi connectivity index (χ3n) is 5.61. The van der Waals surface area contributed by atoms with Crippen molar-refractivity contribution in [3.05, 3.63) is 82.9 Å². The number of nitrogens with zero attached hydrogens (tertiary/aromatic N) is 1. The summed E-state index contributed by atoms with van der Waals surface area (Å²) in [6.07, 6.45) is 0. The van der Waals surface area contributed by atoms with E-state index in [0.29, 0.717) is 17.0 Å². The fraction of sp³-hybridized carbons (Fsp3) is 0.208. The first-order valence-electron chi connectivity index (χ1n) is 9.62. The molecule has 5 heteroatoms. The number of nitrogen functional groups attached to an aromatic ring is 1. The maximum absolute atomic E-state index is 13.0. The Bertz CT molecular complexity index is 1090. The van der Waals surface area contributed by atoms with E-state index in [-0.39, 0.29) is 11.7 Å². The third kappa shape index (κ3) is 3.04. The van der Waals surface area contributed by atoms with Crippen LogP contribution in [0.4, 0.5) is 17.1 Å². The van der Waals surface area contributed by atoms with E-state index in [1.807, 2.05) is 55.6 Å². The van der Waals surface area contributed by atoms with Gasteiger partial charge in [-0.1, -0.05) is 36.4 Å². The molecule has 3 aromatic carbocycles. The second-order valence-electron chi connectivity index (χ2n) is 7.44. The van der Waals surface area contributed by atoms with E-state index in [4.69, 9.17) is 16.2 Å². The highest BCUT2D eigenvalue weighted by Crippen LogP contribution is 2.49. The minimum absolute atomic E-state index is 0.0676. The van der Waals surface area contributed by atoms with Gasteiger partial charge < -0.3 is 21.1 Å². The average molecular weight is 387 g/mol. The molecule has 0 saturated carbocycles. The van der Waals surface area contributed by atoms with Gasteiger partial charge in [0.25, 0.3) is 0 Å². The fourth-order valence-corrected chi connectivity index (χ4v) is 4.18. The van der Waals surface area contributed by atoms with Crippen LogP contribution < -0.4 is 21.1 Å². The number of methoxy groups -OCH3 is 1. The van der Waals surface area contributed by atoms with Gasteiger partial charge in [-0.25, -0.2) is 0 Å². The second kappa shape index (κ2) is 7.26. The number of ketones is 1. The Kier molecular flexibility index (Phi) is 4.76. The molecule has 0 amide bonds.